The lowest BCUT2D eigenvalue weighted by Crippen LogP contribution is -2.27. The Morgan fingerprint density at radius 1 is 1.42 bits per heavy atom. The standard InChI is InChI=1S/C14H24N4O/c1-4-6-15-13-10(2)14(17-9-16-13)18-11(3)12-5-7-19-8-12/h9,11-12H,4-8H2,1-3H3,(H2,15,16,17,18). The van der Waals surface area contributed by atoms with E-state index < -0.39 is 0 Å². The highest BCUT2D eigenvalue weighted by atomic mass is 16.5. The van der Waals surface area contributed by atoms with Crippen LogP contribution in [0.4, 0.5) is 11.6 Å². The van der Waals surface area contributed by atoms with Crippen LogP contribution in [0, 0.1) is 12.8 Å². The van der Waals surface area contributed by atoms with Crippen LogP contribution in [-0.4, -0.2) is 35.8 Å². The zero-order chi connectivity index (χ0) is 13.7. The van der Waals surface area contributed by atoms with Gasteiger partial charge in [0.1, 0.15) is 18.0 Å². The molecular weight excluding hydrogens is 240 g/mol. The monoisotopic (exact) mass is 264 g/mol. The normalized spacial score (nSPS) is 20.3. The lowest BCUT2D eigenvalue weighted by Gasteiger charge is -2.21. The van der Waals surface area contributed by atoms with Crippen molar-refractivity contribution in [3.8, 4) is 0 Å². The van der Waals surface area contributed by atoms with E-state index in [4.69, 9.17) is 4.74 Å². The second-order valence-corrected chi connectivity index (χ2v) is 5.18. The molecule has 0 saturated carbocycles. The van der Waals surface area contributed by atoms with Crippen molar-refractivity contribution in [1.29, 1.82) is 0 Å². The molecule has 2 N–H and O–H groups in total. The van der Waals surface area contributed by atoms with Gasteiger partial charge in [0, 0.05) is 30.7 Å². The van der Waals surface area contributed by atoms with Crippen LogP contribution >= 0.6 is 0 Å². The Labute approximate surface area is 115 Å². The average molecular weight is 264 g/mol. The van der Waals surface area contributed by atoms with Gasteiger partial charge in [0.25, 0.3) is 0 Å². The molecule has 0 radical (unpaired) electrons. The molecule has 5 heteroatoms. The topological polar surface area (TPSA) is 59.1 Å². The third kappa shape index (κ3) is 3.56. The lowest BCUT2D eigenvalue weighted by molar-refractivity contribution is 0.183. The van der Waals surface area contributed by atoms with Crippen LogP contribution in [-0.2, 0) is 4.74 Å². The molecule has 1 aromatic heterocycles. The summed E-state index contributed by atoms with van der Waals surface area (Å²) >= 11 is 0. The van der Waals surface area contributed by atoms with Crippen molar-refractivity contribution in [3.05, 3.63) is 11.9 Å². The molecule has 1 saturated heterocycles. The minimum Gasteiger partial charge on any atom is -0.381 e. The molecule has 2 unspecified atom stereocenters. The van der Waals surface area contributed by atoms with Crippen LogP contribution in [0.1, 0.15) is 32.3 Å². The molecule has 19 heavy (non-hydrogen) atoms. The fourth-order valence-corrected chi connectivity index (χ4v) is 2.30. The van der Waals surface area contributed by atoms with E-state index in [1.807, 2.05) is 0 Å². The maximum absolute atomic E-state index is 5.44. The Morgan fingerprint density at radius 3 is 2.89 bits per heavy atom. The Morgan fingerprint density at radius 2 is 2.21 bits per heavy atom. The Balaban J connectivity index is 2.02. The van der Waals surface area contributed by atoms with Crippen LogP contribution in [0.15, 0.2) is 6.33 Å². The van der Waals surface area contributed by atoms with Crippen LogP contribution in [0.25, 0.3) is 0 Å². The van der Waals surface area contributed by atoms with E-state index in [0.717, 1.165) is 49.8 Å². The SMILES string of the molecule is CCCNc1ncnc(NC(C)C2CCOC2)c1C. The van der Waals surface area contributed by atoms with Crippen molar-refractivity contribution in [2.45, 2.75) is 39.7 Å². The van der Waals surface area contributed by atoms with Crippen LogP contribution in [0.3, 0.4) is 0 Å². The van der Waals surface area contributed by atoms with Crippen molar-refractivity contribution >= 4 is 11.6 Å². The number of hydrogen-bond acceptors (Lipinski definition) is 5. The highest BCUT2D eigenvalue weighted by Gasteiger charge is 2.23. The van der Waals surface area contributed by atoms with E-state index >= 15 is 0 Å². The van der Waals surface area contributed by atoms with Gasteiger partial charge in [0.2, 0.25) is 0 Å². The van der Waals surface area contributed by atoms with Crippen molar-refractivity contribution in [2.75, 3.05) is 30.4 Å². The van der Waals surface area contributed by atoms with Gasteiger partial charge in [-0.05, 0) is 26.7 Å². The Hall–Kier alpha value is -1.36. The zero-order valence-electron chi connectivity index (χ0n) is 12.1. The molecule has 1 aliphatic rings. The molecule has 1 fully saturated rings. The minimum atomic E-state index is 0.370. The van der Waals surface area contributed by atoms with E-state index in [1.165, 1.54) is 0 Å². The Bertz CT molecular complexity index is 404. The summed E-state index contributed by atoms with van der Waals surface area (Å²) < 4.78 is 5.44. The van der Waals surface area contributed by atoms with E-state index in [-0.39, 0.29) is 0 Å². The number of nitrogens with one attached hydrogen (secondary N) is 2. The molecule has 2 rings (SSSR count). The fraction of sp³-hybridized carbons (Fsp3) is 0.714. The van der Waals surface area contributed by atoms with Gasteiger partial charge in [-0.25, -0.2) is 9.97 Å². The number of aromatic nitrogens is 2. The molecule has 2 heterocycles. The smallest absolute Gasteiger partial charge is 0.134 e. The van der Waals surface area contributed by atoms with Gasteiger partial charge in [-0.2, -0.15) is 0 Å². The molecule has 106 valence electrons. The highest BCUT2D eigenvalue weighted by molar-refractivity contribution is 5.56. The first kappa shape index (κ1) is 14.1. The molecule has 2 atom stereocenters. The molecule has 0 amide bonds. The van der Waals surface area contributed by atoms with Gasteiger partial charge in [-0.1, -0.05) is 6.92 Å². The molecular formula is C14H24N4O. The number of ether oxygens (including phenoxy) is 1. The van der Waals surface area contributed by atoms with Crippen molar-refractivity contribution < 1.29 is 4.74 Å². The fourth-order valence-electron chi connectivity index (χ4n) is 2.30. The van der Waals surface area contributed by atoms with Crippen molar-refractivity contribution in [1.82, 2.24) is 9.97 Å². The first-order chi connectivity index (χ1) is 9.22. The Kier molecular flexibility index (Phi) is 4.96. The molecule has 0 bridgehead atoms. The second kappa shape index (κ2) is 6.70. The van der Waals surface area contributed by atoms with Crippen molar-refractivity contribution in [3.63, 3.8) is 0 Å². The molecule has 0 aliphatic carbocycles. The summed E-state index contributed by atoms with van der Waals surface area (Å²) in [5.74, 6) is 2.42. The summed E-state index contributed by atoms with van der Waals surface area (Å²) in [6.45, 7) is 9.05. The van der Waals surface area contributed by atoms with E-state index in [0.29, 0.717) is 12.0 Å². The van der Waals surface area contributed by atoms with Crippen LogP contribution in [0.2, 0.25) is 0 Å². The predicted octanol–water partition coefficient (Wildman–Crippen LogP) is 2.44. The number of nitrogens with zero attached hydrogens (tertiary/aromatic N) is 2. The van der Waals surface area contributed by atoms with Crippen LogP contribution in [0.5, 0.6) is 0 Å². The molecule has 1 aromatic rings. The summed E-state index contributed by atoms with van der Waals surface area (Å²) in [6.07, 6.45) is 3.83. The van der Waals surface area contributed by atoms with E-state index in [1.54, 1.807) is 6.33 Å². The highest BCUT2D eigenvalue weighted by Crippen LogP contribution is 2.23. The van der Waals surface area contributed by atoms with E-state index in [2.05, 4.69) is 41.4 Å². The summed E-state index contributed by atoms with van der Waals surface area (Å²) in [7, 11) is 0. The quantitative estimate of drug-likeness (QED) is 0.826. The van der Waals surface area contributed by atoms with Gasteiger partial charge < -0.3 is 15.4 Å². The predicted molar refractivity (Wildman–Crippen MR) is 77.6 cm³/mol. The molecule has 0 spiro atoms. The van der Waals surface area contributed by atoms with Gasteiger partial charge in [0.05, 0.1) is 6.61 Å². The second-order valence-electron chi connectivity index (χ2n) is 5.18. The van der Waals surface area contributed by atoms with E-state index in [9.17, 15) is 0 Å². The summed E-state index contributed by atoms with van der Waals surface area (Å²) in [4.78, 5) is 8.65. The third-order valence-electron chi connectivity index (χ3n) is 3.66. The summed E-state index contributed by atoms with van der Waals surface area (Å²) in [6, 6.07) is 0.370. The first-order valence-corrected chi connectivity index (χ1v) is 7.12. The molecule has 1 aliphatic heterocycles. The summed E-state index contributed by atoms with van der Waals surface area (Å²) in [5.41, 5.74) is 1.08. The third-order valence-corrected chi connectivity index (χ3v) is 3.66. The minimum absolute atomic E-state index is 0.370. The number of hydrogen-bond donors (Lipinski definition) is 2. The average Bonchev–Trinajstić information content (AvgIpc) is 2.94. The van der Waals surface area contributed by atoms with Crippen molar-refractivity contribution in [2.24, 2.45) is 5.92 Å². The van der Waals surface area contributed by atoms with Gasteiger partial charge in [0.15, 0.2) is 0 Å². The van der Waals surface area contributed by atoms with Crippen LogP contribution < -0.4 is 10.6 Å². The molecule has 5 nitrogen and oxygen atoms in total. The lowest BCUT2D eigenvalue weighted by atomic mass is 10.0. The molecule has 0 aromatic carbocycles. The maximum atomic E-state index is 5.44. The number of rotatable bonds is 6. The van der Waals surface area contributed by atoms with Gasteiger partial charge in [-0.15, -0.1) is 0 Å². The first-order valence-electron chi connectivity index (χ1n) is 7.12. The number of anilines is 2. The van der Waals surface area contributed by atoms with Gasteiger partial charge >= 0.3 is 0 Å². The maximum Gasteiger partial charge on any atom is 0.134 e. The summed E-state index contributed by atoms with van der Waals surface area (Å²) in [5, 5.41) is 6.83. The van der Waals surface area contributed by atoms with Gasteiger partial charge in [-0.3, -0.25) is 0 Å². The largest absolute Gasteiger partial charge is 0.381 e. The zero-order valence-corrected chi connectivity index (χ0v) is 12.1.